The van der Waals surface area contributed by atoms with E-state index >= 15 is 0 Å². The second-order valence-electron chi connectivity index (χ2n) is 6.87. The van der Waals surface area contributed by atoms with Gasteiger partial charge in [-0.25, -0.2) is 4.98 Å². The van der Waals surface area contributed by atoms with Crippen LogP contribution >= 0.6 is 27.5 Å². The predicted octanol–water partition coefficient (Wildman–Crippen LogP) is 2.66. The Morgan fingerprint density at radius 3 is 2.87 bits per heavy atom. The molecular weight excluding hydrogens is 474 g/mol. The minimum atomic E-state index is -1.64. The van der Waals surface area contributed by atoms with Crippen molar-refractivity contribution >= 4 is 27.5 Å². The molecule has 1 aliphatic heterocycles. The minimum Gasteiger partial charge on any atom is -0.479 e. The van der Waals surface area contributed by atoms with E-state index in [1.807, 2.05) is 0 Å². The van der Waals surface area contributed by atoms with Crippen molar-refractivity contribution in [3.05, 3.63) is 34.0 Å². The fourth-order valence-corrected chi connectivity index (χ4v) is 3.08. The first-order valence-corrected chi connectivity index (χ1v) is 10.1. The molecule has 1 saturated heterocycles. The summed E-state index contributed by atoms with van der Waals surface area (Å²) in [5, 5.41) is 21.2. The Labute approximate surface area is 189 Å². The van der Waals surface area contributed by atoms with Gasteiger partial charge in [-0.2, -0.15) is 0 Å². The van der Waals surface area contributed by atoms with Gasteiger partial charge in [-0.1, -0.05) is 29.4 Å². The van der Waals surface area contributed by atoms with Gasteiger partial charge in [0.25, 0.3) is 0 Å². The van der Waals surface area contributed by atoms with Crippen molar-refractivity contribution in [2.45, 2.75) is 50.0 Å². The highest BCUT2D eigenvalue weighted by Gasteiger charge is 2.45. The zero-order valence-corrected chi connectivity index (χ0v) is 18.8. The Balaban J connectivity index is 2.26. The summed E-state index contributed by atoms with van der Waals surface area (Å²) in [5.74, 6) is 9.49. The normalized spacial score (nSPS) is 21.9. The van der Waals surface area contributed by atoms with Gasteiger partial charge in [0.2, 0.25) is 0 Å². The second kappa shape index (κ2) is 10.3. The number of aliphatic hydroxyl groups excluding tert-OH is 1. The molecule has 1 aromatic rings. The molecule has 0 bridgehead atoms. The molecule has 4 atom stereocenters. The number of pyridine rings is 1. The van der Waals surface area contributed by atoms with Crippen molar-refractivity contribution in [2.75, 3.05) is 6.61 Å². The van der Waals surface area contributed by atoms with Crippen LogP contribution in [0.2, 0.25) is 5.15 Å². The van der Waals surface area contributed by atoms with Gasteiger partial charge < -0.3 is 24.4 Å². The Bertz CT molecular complexity index is 939. The molecule has 0 aromatic carbocycles. The van der Waals surface area contributed by atoms with E-state index in [0.717, 1.165) is 0 Å². The number of aliphatic hydroxyl groups is 2. The van der Waals surface area contributed by atoms with Gasteiger partial charge in [0.15, 0.2) is 34.5 Å². The van der Waals surface area contributed by atoms with E-state index in [4.69, 9.17) is 38.7 Å². The summed E-state index contributed by atoms with van der Waals surface area (Å²) in [6, 6.07) is 3.22. The van der Waals surface area contributed by atoms with Crippen LogP contribution in [0, 0.1) is 36.5 Å². The summed E-state index contributed by atoms with van der Waals surface area (Å²) in [6.07, 6.45) is 10.6. The van der Waals surface area contributed by atoms with Crippen molar-refractivity contribution < 1.29 is 24.4 Å². The number of nitrogens with zero attached hydrogens (tertiary/aromatic N) is 1. The zero-order chi connectivity index (χ0) is 22.4. The maximum absolute atomic E-state index is 10.9. The maximum atomic E-state index is 10.9. The first-order valence-electron chi connectivity index (χ1n) is 8.89. The van der Waals surface area contributed by atoms with Crippen LogP contribution in [0.15, 0.2) is 28.9 Å². The molecule has 2 N–H and O–H groups in total. The SMILES string of the molecule is C#CC[C@@](O)(C#C/C(Br)=C/[C@H](Oc1cccnc1Cl)[C@@H](O)C#C)[C@H]1COC(C)(C)O1. The topological polar surface area (TPSA) is 81.0 Å². The standard InChI is InChI=1S/C22H21BrClNO5/c1-5-10-22(27,19-14-28-21(3,4)30-19)11-9-15(23)13-18(16(26)6-2)29-17-8-7-12-25-20(17)24/h1-2,7-8,12-13,16,18-19,26-27H,10,14H2,3-4H3/b15-13-/t16-,18-,19+,22+/m0/s1. The summed E-state index contributed by atoms with van der Waals surface area (Å²) < 4.78 is 17.2. The lowest BCUT2D eigenvalue weighted by atomic mass is 9.94. The lowest BCUT2D eigenvalue weighted by molar-refractivity contribution is -0.159. The van der Waals surface area contributed by atoms with E-state index in [-0.39, 0.29) is 23.9 Å². The number of hydrogen-bond acceptors (Lipinski definition) is 6. The van der Waals surface area contributed by atoms with Crippen LogP contribution in [0.4, 0.5) is 0 Å². The molecule has 30 heavy (non-hydrogen) atoms. The number of hydrogen-bond donors (Lipinski definition) is 2. The quantitative estimate of drug-likeness (QED) is 0.468. The second-order valence-corrected chi connectivity index (χ2v) is 8.09. The summed E-state index contributed by atoms with van der Waals surface area (Å²) in [6.45, 7) is 3.61. The Kier molecular flexibility index (Phi) is 8.35. The third-order valence-electron chi connectivity index (χ3n) is 4.09. The van der Waals surface area contributed by atoms with Crippen LogP contribution in [-0.4, -0.2) is 51.5 Å². The van der Waals surface area contributed by atoms with Gasteiger partial charge in [0.1, 0.15) is 6.10 Å². The first-order chi connectivity index (χ1) is 14.1. The van der Waals surface area contributed by atoms with Crippen molar-refractivity contribution in [3.63, 3.8) is 0 Å². The molecular formula is C22H21BrClNO5. The minimum absolute atomic E-state index is 0.0669. The average Bonchev–Trinajstić information content (AvgIpc) is 3.07. The molecule has 1 fully saturated rings. The van der Waals surface area contributed by atoms with Gasteiger partial charge in [0.05, 0.1) is 17.5 Å². The number of halogens is 2. The van der Waals surface area contributed by atoms with E-state index in [2.05, 4.69) is 44.6 Å². The van der Waals surface area contributed by atoms with Gasteiger partial charge in [-0.3, -0.25) is 0 Å². The van der Waals surface area contributed by atoms with Crippen LogP contribution in [0.25, 0.3) is 0 Å². The Hall–Kier alpha value is -2.02. The highest BCUT2D eigenvalue weighted by Crippen LogP contribution is 2.31. The average molecular weight is 495 g/mol. The van der Waals surface area contributed by atoms with Crippen molar-refractivity contribution in [2.24, 2.45) is 0 Å². The van der Waals surface area contributed by atoms with Gasteiger partial charge in [0, 0.05) is 6.20 Å². The summed E-state index contributed by atoms with van der Waals surface area (Å²) in [4.78, 5) is 3.91. The third kappa shape index (κ3) is 6.49. The summed E-state index contributed by atoms with van der Waals surface area (Å²) >= 11 is 9.28. The van der Waals surface area contributed by atoms with Crippen LogP contribution in [0.3, 0.4) is 0 Å². The Morgan fingerprint density at radius 1 is 1.57 bits per heavy atom. The molecule has 1 aromatic heterocycles. The molecule has 2 rings (SSSR count). The lowest BCUT2D eigenvalue weighted by Crippen LogP contribution is -2.43. The highest BCUT2D eigenvalue weighted by atomic mass is 79.9. The first kappa shape index (κ1) is 24.3. The molecule has 2 heterocycles. The molecule has 0 unspecified atom stereocenters. The largest absolute Gasteiger partial charge is 0.479 e. The summed E-state index contributed by atoms with van der Waals surface area (Å²) in [5.41, 5.74) is -1.64. The molecule has 158 valence electrons. The van der Waals surface area contributed by atoms with Crippen LogP contribution in [0.1, 0.15) is 20.3 Å². The molecule has 0 spiro atoms. The van der Waals surface area contributed by atoms with Crippen molar-refractivity contribution in [1.82, 2.24) is 4.98 Å². The number of allylic oxidation sites excluding steroid dienone is 1. The maximum Gasteiger partial charge on any atom is 0.171 e. The Morgan fingerprint density at radius 2 is 2.30 bits per heavy atom. The third-order valence-corrected chi connectivity index (χ3v) is 4.84. The van der Waals surface area contributed by atoms with E-state index in [1.165, 1.54) is 12.3 Å². The molecule has 0 saturated carbocycles. The number of ether oxygens (including phenoxy) is 3. The van der Waals surface area contributed by atoms with Gasteiger partial charge in [-0.15, -0.1) is 18.8 Å². The van der Waals surface area contributed by atoms with Crippen molar-refractivity contribution in [1.29, 1.82) is 0 Å². The van der Waals surface area contributed by atoms with E-state index in [9.17, 15) is 10.2 Å². The fourth-order valence-electron chi connectivity index (χ4n) is 2.56. The van der Waals surface area contributed by atoms with Crippen molar-refractivity contribution in [3.8, 4) is 42.3 Å². The molecule has 0 amide bonds. The van der Waals surface area contributed by atoms with Gasteiger partial charge in [-0.05, 0) is 48.0 Å². The molecule has 0 radical (unpaired) electrons. The zero-order valence-electron chi connectivity index (χ0n) is 16.4. The van der Waals surface area contributed by atoms with Crippen LogP contribution in [0.5, 0.6) is 5.75 Å². The number of rotatable bonds is 6. The highest BCUT2D eigenvalue weighted by molar-refractivity contribution is 9.12. The molecule has 1 aliphatic rings. The smallest absolute Gasteiger partial charge is 0.171 e. The predicted molar refractivity (Wildman–Crippen MR) is 117 cm³/mol. The number of aromatic nitrogens is 1. The summed E-state index contributed by atoms with van der Waals surface area (Å²) in [7, 11) is 0. The molecule has 0 aliphatic carbocycles. The lowest BCUT2D eigenvalue weighted by Gasteiger charge is -2.27. The van der Waals surface area contributed by atoms with E-state index < -0.39 is 29.7 Å². The van der Waals surface area contributed by atoms with E-state index in [0.29, 0.717) is 4.48 Å². The fraction of sp³-hybridized carbons (Fsp3) is 0.409. The van der Waals surface area contributed by atoms with Gasteiger partial charge >= 0.3 is 0 Å². The van der Waals surface area contributed by atoms with Crippen LogP contribution < -0.4 is 4.74 Å². The molecule has 8 heteroatoms. The van der Waals surface area contributed by atoms with Crippen LogP contribution in [-0.2, 0) is 9.47 Å². The monoisotopic (exact) mass is 493 g/mol. The van der Waals surface area contributed by atoms with E-state index in [1.54, 1.807) is 26.0 Å². The molecule has 6 nitrogen and oxygen atoms in total. The number of terminal acetylenes is 2.